The predicted molar refractivity (Wildman–Crippen MR) is 67.8 cm³/mol. The Bertz CT molecular complexity index is 414. The number of rotatable bonds is 6. The Kier molecular flexibility index (Phi) is 5.61. The first kappa shape index (κ1) is 13.8. The number of unbranched alkanes of at least 4 members (excludes halogenated alkanes) is 1. The predicted octanol–water partition coefficient (Wildman–Crippen LogP) is 3.10. The number of thioether (sulfide) groups is 1. The summed E-state index contributed by atoms with van der Waals surface area (Å²) in [5.41, 5.74) is 0. The summed E-state index contributed by atoms with van der Waals surface area (Å²) in [6, 6.07) is 7.50. The molecule has 0 unspecified atom stereocenters. The van der Waals surface area contributed by atoms with E-state index < -0.39 is 10.1 Å². The van der Waals surface area contributed by atoms with E-state index in [4.69, 9.17) is 16.2 Å². The Morgan fingerprint density at radius 3 is 2.38 bits per heavy atom. The van der Waals surface area contributed by atoms with Gasteiger partial charge in [0.2, 0.25) is 0 Å². The zero-order valence-electron chi connectivity index (χ0n) is 8.60. The molecule has 0 saturated carbocycles. The largest absolute Gasteiger partial charge is 0.286 e. The first-order valence-electron chi connectivity index (χ1n) is 4.81. The van der Waals surface area contributed by atoms with Gasteiger partial charge in [0.25, 0.3) is 10.1 Å². The molecular weight excluding hydrogens is 268 g/mol. The van der Waals surface area contributed by atoms with E-state index in [-0.39, 0.29) is 5.75 Å². The van der Waals surface area contributed by atoms with Crippen molar-refractivity contribution >= 4 is 33.5 Å². The van der Waals surface area contributed by atoms with Gasteiger partial charge in [0.05, 0.1) is 5.75 Å². The van der Waals surface area contributed by atoms with Gasteiger partial charge in [-0.05, 0) is 42.9 Å². The molecule has 0 radical (unpaired) electrons. The lowest BCUT2D eigenvalue weighted by atomic mass is 10.4. The maximum atomic E-state index is 10.4. The maximum Gasteiger partial charge on any atom is 0.264 e. The van der Waals surface area contributed by atoms with Crippen molar-refractivity contribution < 1.29 is 13.0 Å². The molecule has 16 heavy (non-hydrogen) atoms. The summed E-state index contributed by atoms with van der Waals surface area (Å²) in [6.45, 7) is 0. The zero-order valence-corrected chi connectivity index (χ0v) is 11.0. The topological polar surface area (TPSA) is 54.4 Å². The Morgan fingerprint density at radius 2 is 1.81 bits per heavy atom. The SMILES string of the molecule is O=S(=O)(O)CCCCSc1ccc(Cl)cc1. The Balaban J connectivity index is 2.19. The van der Waals surface area contributed by atoms with E-state index in [1.807, 2.05) is 24.3 Å². The van der Waals surface area contributed by atoms with Crippen LogP contribution in [0, 0.1) is 0 Å². The first-order chi connectivity index (χ1) is 7.47. The van der Waals surface area contributed by atoms with Gasteiger partial charge in [-0.3, -0.25) is 4.55 Å². The molecule has 0 aliphatic heterocycles. The quantitative estimate of drug-likeness (QED) is 0.494. The molecule has 0 saturated heterocycles. The normalized spacial score (nSPS) is 11.6. The van der Waals surface area contributed by atoms with Gasteiger partial charge in [-0.1, -0.05) is 11.6 Å². The van der Waals surface area contributed by atoms with Crippen LogP contribution in [0.2, 0.25) is 5.02 Å². The lowest BCUT2D eigenvalue weighted by Crippen LogP contribution is -2.03. The third kappa shape index (κ3) is 6.37. The van der Waals surface area contributed by atoms with Gasteiger partial charge in [-0.2, -0.15) is 8.42 Å². The van der Waals surface area contributed by atoms with Crippen molar-refractivity contribution in [3.05, 3.63) is 29.3 Å². The smallest absolute Gasteiger partial charge is 0.264 e. The second kappa shape index (κ2) is 6.49. The highest BCUT2D eigenvalue weighted by Gasteiger charge is 2.03. The summed E-state index contributed by atoms with van der Waals surface area (Å²) < 4.78 is 29.4. The van der Waals surface area contributed by atoms with E-state index in [0.29, 0.717) is 11.4 Å². The molecule has 0 heterocycles. The Labute approximate surface area is 105 Å². The highest BCUT2D eigenvalue weighted by Crippen LogP contribution is 2.21. The fourth-order valence-corrected chi connectivity index (χ4v) is 2.71. The van der Waals surface area contributed by atoms with E-state index in [2.05, 4.69) is 0 Å². The van der Waals surface area contributed by atoms with E-state index in [9.17, 15) is 8.42 Å². The van der Waals surface area contributed by atoms with Crippen molar-refractivity contribution in [3.63, 3.8) is 0 Å². The molecule has 1 aromatic rings. The molecule has 0 aliphatic carbocycles. The van der Waals surface area contributed by atoms with Crippen LogP contribution in [0.25, 0.3) is 0 Å². The van der Waals surface area contributed by atoms with Gasteiger partial charge in [0.15, 0.2) is 0 Å². The monoisotopic (exact) mass is 280 g/mol. The lowest BCUT2D eigenvalue weighted by molar-refractivity contribution is 0.481. The van der Waals surface area contributed by atoms with Crippen molar-refractivity contribution in [1.82, 2.24) is 0 Å². The summed E-state index contributed by atoms with van der Waals surface area (Å²) in [6.07, 6.45) is 1.24. The third-order valence-electron chi connectivity index (χ3n) is 1.88. The number of hydrogen-bond donors (Lipinski definition) is 1. The van der Waals surface area contributed by atoms with Gasteiger partial charge in [0, 0.05) is 9.92 Å². The molecule has 6 heteroatoms. The van der Waals surface area contributed by atoms with Crippen LogP contribution in [0.15, 0.2) is 29.2 Å². The van der Waals surface area contributed by atoms with Crippen LogP contribution in [0.5, 0.6) is 0 Å². The molecule has 0 spiro atoms. The number of halogens is 1. The summed E-state index contributed by atoms with van der Waals surface area (Å²) in [7, 11) is -3.80. The second-order valence-electron chi connectivity index (χ2n) is 3.30. The van der Waals surface area contributed by atoms with Gasteiger partial charge >= 0.3 is 0 Å². The van der Waals surface area contributed by atoms with Crippen molar-refractivity contribution in [3.8, 4) is 0 Å². The van der Waals surface area contributed by atoms with Gasteiger partial charge in [-0.15, -0.1) is 11.8 Å². The van der Waals surface area contributed by atoms with Crippen LogP contribution >= 0.6 is 23.4 Å². The van der Waals surface area contributed by atoms with Crippen LogP contribution in [0.3, 0.4) is 0 Å². The van der Waals surface area contributed by atoms with E-state index in [1.54, 1.807) is 11.8 Å². The number of hydrogen-bond acceptors (Lipinski definition) is 3. The van der Waals surface area contributed by atoms with Crippen LogP contribution in [-0.2, 0) is 10.1 Å². The molecule has 0 bridgehead atoms. The zero-order chi connectivity index (χ0) is 12.0. The first-order valence-corrected chi connectivity index (χ1v) is 7.78. The molecule has 0 aromatic heterocycles. The van der Waals surface area contributed by atoms with Crippen LogP contribution in [0.4, 0.5) is 0 Å². The van der Waals surface area contributed by atoms with Gasteiger partial charge in [-0.25, -0.2) is 0 Å². The lowest BCUT2D eigenvalue weighted by Gasteiger charge is -2.01. The minimum atomic E-state index is -3.80. The molecular formula is C10H13ClO3S2. The van der Waals surface area contributed by atoms with Crippen molar-refractivity contribution in [2.24, 2.45) is 0 Å². The van der Waals surface area contributed by atoms with Crippen molar-refractivity contribution in [1.29, 1.82) is 0 Å². The third-order valence-corrected chi connectivity index (χ3v) is 4.03. The van der Waals surface area contributed by atoms with Crippen molar-refractivity contribution in [2.75, 3.05) is 11.5 Å². The molecule has 0 atom stereocenters. The molecule has 1 rings (SSSR count). The standard InChI is InChI=1S/C10H13ClO3S2/c11-9-3-5-10(6-4-9)15-7-1-2-8-16(12,13)14/h3-6H,1-2,7-8H2,(H,12,13,14). The average molecular weight is 281 g/mol. The fourth-order valence-electron chi connectivity index (χ4n) is 1.11. The van der Waals surface area contributed by atoms with Crippen molar-refractivity contribution in [2.45, 2.75) is 17.7 Å². The van der Waals surface area contributed by atoms with E-state index in [0.717, 1.165) is 17.1 Å². The van der Waals surface area contributed by atoms with Gasteiger partial charge < -0.3 is 0 Å². The van der Waals surface area contributed by atoms with Gasteiger partial charge in [0.1, 0.15) is 0 Å². The molecule has 0 fully saturated rings. The van der Waals surface area contributed by atoms with Crippen LogP contribution in [-0.4, -0.2) is 24.5 Å². The van der Waals surface area contributed by atoms with Crippen LogP contribution < -0.4 is 0 Å². The molecule has 90 valence electrons. The summed E-state index contributed by atoms with van der Waals surface area (Å²) in [4.78, 5) is 1.11. The molecule has 1 aromatic carbocycles. The maximum absolute atomic E-state index is 10.4. The van der Waals surface area contributed by atoms with Crippen LogP contribution in [0.1, 0.15) is 12.8 Å². The average Bonchev–Trinajstić information content (AvgIpc) is 2.19. The summed E-state index contributed by atoms with van der Waals surface area (Å²) in [5.74, 6) is 0.672. The summed E-state index contributed by atoms with van der Waals surface area (Å²) in [5, 5.41) is 0.704. The minimum absolute atomic E-state index is 0.159. The minimum Gasteiger partial charge on any atom is -0.286 e. The Morgan fingerprint density at radius 1 is 1.19 bits per heavy atom. The highest BCUT2D eigenvalue weighted by atomic mass is 35.5. The molecule has 0 aliphatic rings. The second-order valence-corrected chi connectivity index (χ2v) is 6.47. The van der Waals surface area contributed by atoms with E-state index >= 15 is 0 Å². The molecule has 1 N–H and O–H groups in total. The summed E-state index contributed by atoms with van der Waals surface area (Å²) >= 11 is 7.39. The number of benzene rings is 1. The Hall–Kier alpha value is -0.230. The molecule has 3 nitrogen and oxygen atoms in total. The molecule has 0 amide bonds. The fraction of sp³-hybridized carbons (Fsp3) is 0.400. The highest BCUT2D eigenvalue weighted by molar-refractivity contribution is 7.99. The van der Waals surface area contributed by atoms with E-state index in [1.165, 1.54) is 0 Å².